The number of aryl methyl sites for hydroxylation is 1. The first-order valence-corrected chi connectivity index (χ1v) is 11.8. The van der Waals surface area contributed by atoms with Crippen LogP contribution in [0.2, 0.25) is 0 Å². The lowest BCUT2D eigenvalue weighted by Crippen LogP contribution is -2.44. The number of hydrogen-bond acceptors (Lipinski definition) is 9. The zero-order valence-corrected chi connectivity index (χ0v) is 19.4. The van der Waals surface area contributed by atoms with Crippen LogP contribution in [0.15, 0.2) is 22.8 Å². The van der Waals surface area contributed by atoms with Crippen LogP contribution in [0.4, 0.5) is 16.1 Å². The van der Waals surface area contributed by atoms with Gasteiger partial charge in [0, 0.05) is 31.5 Å². The number of aromatic nitrogens is 1. The van der Waals surface area contributed by atoms with Crippen molar-refractivity contribution in [1.82, 2.24) is 14.0 Å². The predicted molar refractivity (Wildman–Crippen MR) is 116 cm³/mol. The minimum atomic E-state index is -4.12. The number of ether oxygens (including phenoxy) is 3. The fraction of sp³-hybridized carbons (Fsp3) is 0.500. The maximum Gasteiger partial charge on any atom is 0.304 e. The third-order valence-electron chi connectivity index (χ3n) is 4.94. The van der Waals surface area contributed by atoms with Gasteiger partial charge >= 0.3 is 10.2 Å². The molecule has 0 saturated carbocycles. The van der Waals surface area contributed by atoms with Gasteiger partial charge in [0.1, 0.15) is 6.26 Å². The van der Waals surface area contributed by atoms with Crippen LogP contribution in [0.1, 0.15) is 29.4 Å². The Morgan fingerprint density at radius 3 is 2.88 bits per heavy atom. The molecule has 1 aromatic carbocycles. The van der Waals surface area contributed by atoms with E-state index in [0.29, 0.717) is 30.9 Å². The first-order valence-electron chi connectivity index (χ1n) is 10.3. The highest BCUT2D eigenvalue weighted by molar-refractivity contribution is 7.87. The molecule has 1 atom stereocenters. The van der Waals surface area contributed by atoms with Crippen molar-refractivity contribution < 1.29 is 36.2 Å². The van der Waals surface area contributed by atoms with Gasteiger partial charge in [-0.05, 0) is 31.9 Å². The summed E-state index contributed by atoms with van der Waals surface area (Å²) < 4.78 is 63.4. The molecule has 0 radical (unpaired) electrons. The Hall–Kier alpha value is -2.74. The fourth-order valence-electron chi connectivity index (χ4n) is 3.15. The molecule has 1 aromatic heterocycles. The lowest BCUT2D eigenvalue weighted by atomic mass is 10.2. The molecule has 1 amide bonds. The minimum absolute atomic E-state index is 0.0173. The molecule has 33 heavy (non-hydrogen) atoms. The molecule has 0 bridgehead atoms. The number of benzene rings is 1. The van der Waals surface area contributed by atoms with E-state index in [9.17, 15) is 17.6 Å². The zero-order valence-electron chi connectivity index (χ0n) is 18.6. The fourth-order valence-corrected chi connectivity index (χ4v) is 4.28. The number of anilines is 2. The highest BCUT2D eigenvalue weighted by atomic mass is 32.2. The van der Waals surface area contributed by atoms with E-state index in [-0.39, 0.29) is 43.3 Å². The van der Waals surface area contributed by atoms with Gasteiger partial charge in [0.15, 0.2) is 17.3 Å². The molecular weight excluding hydrogens is 459 g/mol. The number of rotatable bonds is 9. The summed E-state index contributed by atoms with van der Waals surface area (Å²) in [4.78, 5) is 16.5. The summed E-state index contributed by atoms with van der Waals surface area (Å²) in [5.74, 6) is -1.46. The van der Waals surface area contributed by atoms with E-state index < -0.39 is 21.9 Å². The average molecular weight is 487 g/mol. The van der Waals surface area contributed by atoms with Crippen molar-refractivity contribution in [2.75, 3.05) is 45.3 Å². The smallest absolute Gasteiger partial charge is 0.304 e. The first-order chi connectivity index (χ1) is 15.7. The molecule has 2 heterocycles. The van der Waals surface area contributed by atoms with Crippen molar-refractivity contribution >= 4 is 27.8 Å². The summed E-state index contributed by atoms with van der Waals surface area (Å²) >= 11 is 0. The topological polar surface area (TPSA) is 132 Å². The van der Waals surface area contributed by atoms with Crippen LogP contribution in [0.25, 0.3) is 0 Å². The van der Waals surface area contributed by atoms with Gasteiger partial charge < -0.3 is 23.9 Å². The number of halogens is 1. The van der Waals surface area contributed by atoms with E-state index in [1.165, 1.54) is 19.2 Å². The van der Waals surface area contributed by atoms with E-state index in [4.69, 9.17) is 18.6 Å². The van der Waals surface area contributed by atoms with Crippen molar-refractivity contribution in [3.05, 3.63) is 35.5 Å². The molecule has 182 valence electrons. The Bertz CT molecular complexity index is 1080. The maximum absolute atomic E-state index is 13.8. The van der Waals surface area contributed by atoms with Crippen LogP contribution in [0.3, 0.4) is 0 Å². The predicted octanol–water partition coefficient (Wildman–Crippen LogP) is 1.98. The van der Waals surface area contributed by atoms with Gasteiger partial charge in [-0.2, -0.15) is 17.7 Å². The molecule has 1 unspecified atom stereocenters. The van der Waals surface area contributed by atoms with E-state index in [1.54, 1.807) is 6.92 Å². The Morgan fingerprint density at radius 2 is 2.15 bits per heavy atom. The van der Waals surface area contributed by atoms with Crippen LogP contribution < -0.4 is 14.8 Å². The summed E-state index contributed by atoms with van der Waals surface area (Å²) in [5.41, 5.74) is 0.750. The normalized spacial score (nSPS) is 17.4. The second kappa shape index (κ2) is 10.9. The van der Waals surface area contributed by atoms with Gasteiger partial charge in [0.25, 0.3) is 11.9 Å². The molecule has 2 N–H and O–H groups in total. The third-order valence-corrected chi connectivity index (χ3v) is 6.43. The number of amides is 1. The van der Waals surface area contributed by atoms with Gasteiger partial charge in [-0.15, -0.1) is 0 Å². The van der Waals surface area contributed by atoms with Crippen LogP contribution >= 0.6 is 0 Å². The molecule has 1 saturated heterocycles. The minimum Gasteiger partial charge on any atom is -0.494 e. The lowest BCUT2D eigenvalue weighted by molar-refractivity contribution is -0.00687. The molecule has 0 spiro atoms. The standard InChI is InChI=1S/C20H27FN4O7S/c1-4-30-11-14-5-6-25(7-8-31-14)33(27,28)24-19(26)17-12-32-20(23-17)22-16-10-18(29-3)15(21)9-13(16)2/h9-10,12,14H,4-8,11H2,1-3H3,(H,22,23)(H,24,26). The quantitative estimate of drug-likeness (QED) is 0.546. The Morgan fingerprint density at radius 1 is 1.36 bits per heavy atom. The van der Waals surface area contributed by atoms with Crippen molar-refractivity contribution in [2.24, 2.45) is 0 Å². The monoisotopic (exact) mass is 486 g/mol. The van der Waals surface area contributed by atoms with Crippen molar-refractivity contribution in [3.8, 4) is 5.75 Å². The van der Waals surface area contributed by atoms with Crippen molar-refractivity contribution in [1.29, 1.82) is 0 Å². The van der Waals surface area contributed by atoms with Crippen LogP contribution in [0, 0.1) is 12.7 Å². The van der Waals surface area contributed by atoms with Gasteiger partial charge in [-0.25, -0.2) is 9.11 Å². The van der Waals surface area contributed by atoms with E-state index in [0.717, 1.165) is 10.6 Å². The van der Waals surface area contributed by atoms with E-state index in [1.807, 2.05) is 11.6 Å². The summed E-state index contributed by atoms with van der Waals surface area (Å²) in [6.45, 7) is 4.92. The Kier molecular flexibility index (Phi) is 8.24. The van der Waals surface area contributed by atoms with E-state index >= 15 is 0 Å². The summed E-state index contributed by atoms with van der Waals surface area (Å²) in [6, 6.07) is 2.62. The highest BCUT2D eigenvalue weighted by Crippen LogP contribution is 2.28. The molecule has 1 aliphatic rings. The number of carbonyl (C=O) groups is 1. The van der Waals surface area contributed by atoms with Gasteiger partial charge in [0.05, 0.1) is 26.4 Å². The highest BCUT2D eigenvalue weighted by Gasteiger charge is 2.29. The summed E-state index contributed by atoms with van der Waals surface area (Å²) in [7, 11) is -2.78. The molecule has 1 aliphatic heterocycles. The van der Waals surface area contributed by atoms with Crippen molar-refractivity contribution in [3.63, 3.8) is 0 Å². The second-order valence-electron chi connectivity index (χ2n) is 7.24. The maximum atomic E-state index is 13.8. The van der Waals surface area contributed by atoms with Crippen LogP contribution in [0.5, 0.6) is 5.75 Å². The van der Waals surface area contributed by atoms with Crippen LogP contribution in [-0.4, -0.2) is 69.7 Å². The Labute approximate surface area is 191 Å². The first kappa shape index (κ1) is 24.9. The molecule has 3 rings (SSSR count). The van der Waals surface area contributed by atoms with E-state index in [2.05, 4.69) is 10.3 Å². The van der Waals surface area contributed by atoms with Gasteiger partial charge in [-0.1, -0.05) is 0 Å². The summed E-state index contributed by atoms with van der Waals surface area (Å²) in [5, 5.41) is 2.81. The van der Waals surface area contributed by atoms with Crippen LogP contribution in [-0.2, 0) is 19.7 Å². The second-order valence-corrected chi connectivity index (χ2v) is 8.91. The number of carbonyl (C=O) groups excluding carboxylic acids is 1. The lowest BCUT2D eigenvalue weighted by Gasteiger charge is -2.19. The van der Waals surface area contributed by atoms with Crippen molar-refractivity contribution in [2.45, 2.75) is 26.4 Å². The number of nitrogens with one attached hydrogen (secondary N) is 2. The average Bonchev–Trinajstić information content (AvgIpc) is 3.10. The van der Waals surface area contributed by atoms with Gasteiger partial charge in [-0.3, -0.25) is 4.79 Å². The number of oxazole rings is 1. The number of nitrogens with zero attached hydrogens (tertiary/aromatic N) is 2. The third kappa shape index (κ3) is 6.41. The molecule has 1 fully saturated rings. The summed E-state index contributed by atoms with van der Waals surface area (Å²) in [6.07, 6.45) is 1.25. The molecule has 0 aliphatic carbocycles. The molecule has 13 heteroatoms. The number of hydrogen-bond donors (Lipinski definition) is 2. The molecular formula is C20H27FN4O7S. The molecule has 11 nitrogen and oxygen atoms in total. The SMILES string of the molecule is CCOCC1CCN(S(=O)(=O)NC(=O)c2coc(Nc3cc(OC)c(F)cc3C)n2)CCO1. The number of methoxy groups -OCH3 is 1. The van der Waals surface area contributed by atoms with Gasteiger partial charge in [0.2, 0.25) is 0 Å². The Balaban J connectivity index is 1.63. The molecule has 2 aromatic rings. The zero-order chi connectivity index (χ0) is 24.0. The largest absolute Gasteiger partial charge is 0.494 e.